The molecule has 0 fully saturated rings. The highest BCUT2D eigenvalue weighted by atomic mass is 127. The summed E-state index contributed by atoms with van der Waals surface area (Å²) < 4.78 is 1.19. The number of halogens is 1. The molecule has 2 N–H and O–H groups in total. The van der Waals surface area contributed by atoms with Gasteiger partial charge in [-0.3, -0.25) is 4.98 Å². The third-order valence-electron chi connectivity index (χ3n) is 2.50. The van der Waals surface area contributed by atoms with Gasteiger partial charge in [0.05, 0.1) is 6.04 Å². The minimum atomic E-state index is -0.0968. The van der Waals surface area contributed by atoms with Crippen molar-refractivity contribution in [1.82, 2.24) is 4.98 Å². The van der Waals surface area contributed by atoms with Gasteiger partial charge in [0.1, 0.15) is 0 Å². The maximum Gasteiger partial charge on any atom is 0.0577 e. The Labute approximate surface area is 109 Å². The lowest BCUT2D eigenvalue weighted by molar-refractivity contribution is 0.855. The average Bonchev–Trinajstić information content (AvgIpc) is 2.29. The molecule has 3 heteroatoms. The van der Waals surface area contributed by atoms with Crippen molar-refractivity contribution in [1.29, 1.82) is 0 Å². The largest absolute Gasteiger partial charge is 0.320 e. The molecule has 2 rings (SSSR count). The molecule has 0 aliphatic carbocycles. The molecule has 1 aromatic heterocycles. The van der Waals surface area contributed by atoms with Gasteiger partial charge in [-0.05, 0) is 52.3 Å². The minimum absolute atomic E-state index is 0.0968. The van der Waals surface area contributed by atoms with Crippen LogP contribution in [-0.2, 0) is 0 Å². The first-order chi connectivity index (χ1) is 7.68. The molecule has 1 atom stereocenters. The molecule has 2 aromatic rings. The normalized spacial score (nSPS) is 12.4. The molecular formula is C13H13IN2. The maximum absolute atomic E-state index is 6.24. The number of aromatic nitrogens is 1. The zero-order chi connectivity index (χ0) is 11.5. The topological polar surface area (TPSA) is 38.9 Å². The fourth-order valence-electron chi connectivity index (χ4n) is 1.66. The number of hydrogen-bond acceptors (Lipinski definition) is 2. The second kappa shape index (κ2) is 4.93. The zero-order valence-corrected chi connectivity index (χ0v) is 11.2. The molecule has 1 aromatic carbocycles. The van der Waals surface area contributed by atoms with E-state index in [1.807, 2.05) is 31.5 Å². The van der Waals surface area contributed by atoms with Gasteiger partial charge in [-0.1, -0.05) is 24.3 Å². The number of hydrogen-bond donors (Lipinski definition) is 1. The predicted octanol–water partition coefficient (Wildman–Crippen LogP) is 3.04. The van der Waals surface area contributed by atoms with Crippen molar-refractivity contribution in [2.75, 3.05) is 0 Å². The average molecular weight is 324 g/mol. The summed E-state index contributed by atoms with van der Waals surface area (Å²) in [4.78, 5) is 4.18. The Balaban J connectivity index is 2.39. The molecule has 0 aliphatic rings. The molecule has 0 saturated heterocycles. The summed E-state index contributed by atoms with van der Waals surface area (Å²) in [5.41, 5.74) is 9.59. The van der Waals surface area contributed by atoms with E-state index >= 15 is 0 Å². The second-order valence-corrected chi connectivity index (χ2v) is 4.96. The molecule has 0 radical (unpaired) electrons. The van der Waals surface area contributed by atoms with Crippen LogP contribution in [0, 0.1) is 10.5 Å². The van der Waals surface area contributed by atoms with Gasteiger partial charge in [0.15, 0.2) is 0 Å². The van der Waals surface area contributed by atoms with Crippen LogP contribution in [0.4, 0.5) is 0 Å². The van der Waals surface area contributed by atoms with Crippen molar-refractivity contribution < 1.29 is 0 Å². The van der Waals surface area contributed by atoms with Gasteiger partial charge in [0, 0.05) is 16.0 Å². The second-order valence-electron chi connectivity index (χ2n) is 3.79. The Morgan fingerprint density at radius 1 is 1.25 bits per heavy atom. The molecule has 0 saturated carbocycles. The third-order valence-corrected chi connectivity index (χ3v) is 3.48. The van der Waals surface area contributed by atoms with E-state index in [0.29, 0.717) is 0 Å². The van der Waals surface area contributed by atoms with Crippen molar-refractivity contribution in [3.05, 3.63) is 63.0 Å². The Morgan fingerprint density at radius 3 is 2.69 bits per heavy atom. The van der Waals surface area contributed by atoms with E-state index in [-0.39, 0.29) is 6.04 Å². The van der Waals surface area contributed by atoms with Crippen LogP contribution in [0.3, 0.4) is 0 Å². The quantitative estimate of drug-likeness (QED) is 0.863. The van der Waals surface area contributed by atoms with E-state index in [2.05, 4.69) is 45.8 Å². The number of nitrogens with two attached hydrogens (primary N) is 1. The fraction of sp³-hybridized carbons (Fsp3) is 0.154. The lowest BCUT2D eigenvalue weighted by atomic mass is 10.0. The smallest absolute Gasteiger partial charge is 0.0577 e. The number of aryl methyl sites for hydroxylation is 1. The van der Waals surface area contributed by atoms with E-state index in [9.17, 15) is 0 Å². The molecule has 1 heterocycles. The standard InChI is InChI=1S/C13H13IN2/c1-9-6-10(8-16-7-9)13(15)11-4-2-3-5-12(11)14/h2-8,13H,15H2,1H3. The minimum Gasteiger partial charge on any atom is -0.320 e. The number of pyridine rings is 1. The fourth-order valence-corrected chi connectivity index (χ4v) is 2.38. The summed E-state index contributed by atoms with van der Waals surface area (Å²) >= 11 is 2.31. The molecular weight excluding hydrogens is 311 g/mol. The van der Waals surface area contributed by atoms with Gasteiger partial charge in [0.2, 0.25) is 0 Å². The van der Waals surface area contributed by atoms with Gasteiger partial charge in [-0.15, -0.1) is 0 Å². The van der Waals surface area contributed by atoms with E-state index in [4.69, 9.17) is 5.73 Å². The number of rotatable bonds is 2. The SMILES string of the molecule is Cc1cncc(C(N)c2ccccc2I)c1. The van der Waals surface area contributed by atoms with Crippen LogP contribution in [0.2, 0.25) is 0 Å². The highest BCUT2D eigenvalue weighted by molar-refractivity contribution is 14.1. The molecule has 0 amide bonds. The van der Waals surface area contributed by atoms with Crippen LogP contribution in [0.15, 0.2) is 42.7 Å². The molecule has 16 heavy (non-hydrogen) atoms. The van der Waals surface area contributed by atoms with Crippen molar-refractivity contribution in [2.45, 2.75) is 13.0 Å². The van der Waals surface area contributed by atoms with Crippen LogP contribution in [0.1, 0.15) is 22.7 Å². The highest BCUT2D eigenvalue weighted by Crippen LogP contribution is 2.23. The van der Waals surface area contributed by atoms with Crippen LogP contribution in [0.5, 0.6) is 0 Å². The number of nitrogens with zero attached hydrogens (tertiary/aromatic N) is 1. The summed E-state index contributed by atoms with van der Waals surface area (Å²) in [6.07, 6.45) is 3.67. The predicted molar refractivity (Wildman–Crippen MR) is 74.2 cm³/mol. The van der Waals surface area contributed by atoms with E-state index in [1.54, 1.807) is 0 Å². The van der Waals surface area contributed by atoms with Gasteiger partial charge < -0.3 is 5.73 Å². The first kappa shape index (κ1) is 11.5. The van der Waals surface area contributed by atoms with Crippen molar-refractivity contribution in [3.63, 3.8) is 0 Å². The summed E-state index contributed by atoms with van der Waals surface area (Å²) in [6.45, 7) is 2.03. The Morgan fingerprint density at radius 2 is 2.00 bits per heavy atom. The van der Waals surface area contributed by atoms with Crippen LogP contribution < -0.4 is 5.73 Å². The Kier molecular flexibility index (Phi) is 3.56. The zero-order valence-electron chi connectivity index (χ0n) is 9.02. The first-order valence-electron chi connectivity index (χ1n) is 5.10. The summed E-state index contributed by atoms with van der Waals surface area (Å²) in [5, 5.41) is 0. The maximum atomic E-state index is 6.24. The van der Waals surface area contributed by atoms with E-state index in [0.717, 1.165) is 16.7 Å². The van der Waals surface area contributed by atoms with Crippen molar-refractivity contribution in [3.8, 4) is 0 Å². The van der Waals surface area contributed by atoms with Crippen LogP contribution in [-0.4, -0.2) is 4.98 Å². The summed E-state index contributed by atoms with van der Waals surface area (Å²) in [5.74, 6) is 0. The summed E-state index contributed by atoms with van der Waals surface area (Å²) in [7, 11) is 0. The molecule has 0 spiro atoms. The molecule has 1 unspecified atom stereocenters. The van der Waals surface area contributed by atoms with Crippen molar-refractivity contribution in [2.24, 2.45) is 5.73 Å². The number of benzene rings is 1. The van der Waals surface area contributed by atoms with Gasteiger partial charge >= 0.3 is 0 Å². The monoisotopic (exact) mass is 324 g/mol. The van der Waals surface area contributed by atoms with Gasteiger partial charge in [-0.25, -0.2) is 0 Å². The van der Waals surface area contributed by atoms with Crippen molar-refractivity contribution >= 4 is 22.6 Å². The molecule has 0 aliphatic heterocycles. The lowest BCUT2D eigenvalue weighted by Gasteiger charge is -2.14. The van der Waals surface area contributed by atoms with E-state index in [1.165, 1.54) is 3.57 Å². The molecule has 2 nitrogen and oxygen atoms in total. The molecule has 0 bridgehead atoms. The molecule has 82 valence electrons. The van der Waals surface area contributed by atoms with Gasteiger partial charge in [0.25, 0.3) is 0 Å². The Hall–Kier alpha value is -0.940. The van der Waals surface area contributed by atoms with Crippen LogP contribution >= 0.6 is 22.6 Å². The lowest BCUT2D eigenvalue weighted by Crippen LogP contribution is -2.13. The van der Waals surface area contributed by atoms with Gasteiger partial charge in [-0.2, -0.15) is 0 Å². The third kappa shape index (κ3) is 2.41. The highest BCUT2D eigenvalue weighted by Gasteiger charge is 2.11. The Bertz CT molecular complexity index is 497. The van der Waals surface area contributed by atoms with E-state index < -0.39 is 0 Å². The van der Waals surface area contributed by atoms with Crippen LogP contribution in [0.25, 0.3) is 0 Å². The first-order valence-corrected chi connectivity index (χ1v) is 6.18. The summed E-state index contributed by atoms with van der Waals surface area (Å²) in [6, 6.07) is 10.2.